The van der Waals surface area contributed by atoms with Gasteiger partial charge in [0, 0.05) is 31.6 Å². The third-order valence-electron chi connectivity index (χ3n) is 5.19. The van der Waals surface area contributed by atoms with Gasteiger partial charge in [0.1, 0.15) is 11.6 Å². The molecule has 0 spiro atoms. The number of hydrogen-bond acceptors (Lipinski definition) is 4. The number of aromatic nitrogens is 1. The molecule has 0 unspecified atom stereocenters. The lowest BCUT2D eigenvalue weighted by atomic mass is 10.1. The Labute approximate surface area is 164 Å². The number of aryl methyl sites for hydroxylation is 2. The molecule has 1 aliphatic heterocycles. The minimum absolute atomic E-state index is 0.139. The van der Waals surface area contributed by atoms with Crippen LogP contribution in [0.3, 0.4) is 0 Å². The summed E-state index contributed by atoms with van der Waals surface area (Å²) < 4.78 is 40.8. The predicted octanol–water partition coefficient (Wildman–Crippen LogP) is 3.50. The second-order valence-electron chi connectivity index (χ2n) is 7.12. The summed E-state index contributed by atoms with van der Waals surface area (Å²) in [6, 6.07) is 14.0. The third kappa shape index (κ3) is 3.36. The normalized spacial score (nSPS) is 15.9. The molecule has 1 aliphatic rings. The molecule has 3 aromatic rings. The van der Waals surface area contributed by atoms with Gasteiger partial charge < -0.3 is 4.90 Å². The zero-order chi connectivity index (χ0) is 19.9. The van der Waals surface area contributed by atoms with Crippen LogP contribution in [0.15, 0.2) is 53.4 Å². The molecule has 0 saturated carbocycles. The van der Waals surface area contributed by atoms with Crippen LogP contribution < -0.4 is 4.90 Å². The fourth-order valence-electron chi connectivity index (χ4n) is 3.60. The third-order valence-corrected chi connectivity index (χ3v) is 7.09. The van der Waals surface area contributed by atoms with Crippen LogP contribution in [0, 0.1) is 19.7 Å². The van der Waals surface area contributed by atoms with Gasteiger partial charge >= 0.3 is 0 Å². The quantitative estimate of drug-likeness (QED) is 0.676. The van der Waals surface area contributed by atoms with E-state index in [4.69, 9.17) is 4.98 Å². The molecule has 146 valence electrons. The van der Waals surface area contributed by atoms with Gasteiger partial charge in [-0.05, 0) is 55.3 Å². The Hall–Kier alpha value is -2.51. The van der Waals surface area contributed by atoms with Crippen LogP contribution in [0.1, 0.15) is 11.1 Å². The number of hydrogen-bond donors (Lipinski definition) is 0. The number of benzene rings is 2. The molecule has 0 aliphatic carbocycles. The van der Waals surface area contributed by atoms with Crippen LogP contribution >= 0.6 is 0 Å². The molecule has 1 aromatic heterocycles. The van der Waals surface area contributed by atoms with Crippen LogP contribution in [0.5, 0.6) is 0 Å². The van der Waals surface area contributed by atoms with Gasteiger partial charge in [-0.1, -0.05) is 18.2 Å². The summed E-state index contributed by atoms with van der Waals surface area (Å²) in [5.74, 6) is 0.495. The predicted molar refractivity (Wildman–Crippen MR) is 109 cm³/mol. The van der Waals surface area contributed by atoms with Crippen molar-refractivity contribution in [2.45, 2.75) is 18.7 Å². The summed E-state index contributed by atoms with van der Waals surface area (Å²) in [6.45, 7) is 5.45. The van der Waals surface area contributed by atoms with E-state index >= 15 is 0 Å². The highest BCUT2D eigenvalue weighted by molar-refractivity contribution is 7.89. The lowest BCUT2D eigenvalue weighted by Gasteiger charge is -2.35. The van der Waals surface area contributed by atoms with E-state index in [9.17, 15) is 12.8 Å². The molecule has 1 fully saturated rings. The van der Waals surface area contributed by atoms with Gasteiger partial charge in [-0.3, -0.25) is 0 Å². The smallest absolute Gasteiger partial charge is 0.243 e. The van der Waals surface area contributed by atoms with Crippen molar-refractivity contribution in [3.8, 4) is 0 Å². The summed E-state index contributed by atoms with van der Waals surface area (Å²) in [4.78, 5) is 7.05. The molecule has 2 aromatic carbocycles. The molecule has 7 heteroatoms. The molecular formula is C21H22FN3O2S. The minimum Gasteiger partial charge on any atom is -0.354 e. The maximum absolute atomic E-state index is 13.5. The van der Waals surface area contributed by atoms with Crippen molar-refractivity contribution in [1.29, 1.82) is 0 Å². The topological polar surface area (TPSA) is 53.5 Å². The van der Waals surface area contributed by atoms with Gasteiger partial charge in [-0.2, -0.15) is 4.31 Å². The van der Waals surface area contributed by atoms with E-state index in [1.165, 1.54) is 22.5 Å². The first-order valence-electron chi connectivity index (χ1n) is 9.24. The lowest BCUT2D eigenvalue weighted by Crippen LogP contribution is -2.49. The number of piperazine rings is 1. The highest BCUT2D eigenvalue weighted by Crippen LogP contribution is 2.26. The number of sulfonamides is 1. The molecule has 0 bridgehead atoms. The molecule has 1 saturated heterocycles. The fourth-order valence-corrected chi connectivity index (χ4v) is 5.11. The van der Waals surface area contributed by atoms with E-state index in [-0.39, 0.29) is 4.90 Å². The number of fused-ring (bicyclic) bond motifs is 1. The highest BCUT2D eigenvalue weighted by atomic mass is 32.2. The number of rotatable bonds is 3. The Kier molecular flexibility index (Phi) is 4.81. The average Bonchev–Trinajstić information content (AvgIpc) is 2.69. The first-order valence-corrected chi connectivity index (χ1v) is 10.7. The van der Waals surface area contributed by atoms with E-state index in [0.717, 1.165) is 22.3 Å². The van der Waals surface area contributed by atoms with Crippen LogP contribution in [0.2, 0.25) is 0 Å². The Bertz CT molecular complexity index is 1140. The number of halogens is 1. The van der Waals surface area contributed by atoms with Gasteiger partial charge in [0.15, 0.2) is 0 Å². The Morgan fingerprint density at radius 1 is 0.929 bits per heavy atom. The van der Waals surface area contributed by atoms with Crippen molar-refractivity contribution in [3.63, 3.8) is 0 Å². The molecule has 5 nitrogen and oxygen atoms in total. The average molecular weight is 399 g/mol. The molecule has 28 heavy (non-hydrogen) atoms. The van der Waals surface area contributed by atoms with Crippen molar-refractivity contribution in [2.75, 3.05) is 31.1 Å². The van der Waals surface area contributed by atoms with Crippen molar-refractivity contribution < 1.29 is 12.8 Å². The molecule has 0 amide bonds. The zero-order valence-electron chi connectivity index (χ0n) is 15.9. The summed E-state index contributed by atoms with van der Waals surface area (Å²) in [5, 5.41) is 1.09. The molecule has 2 heterocycles. The zero-order valence-corrected chi connectivity index (χ0v) is 16.7. The van der Waals surface area contributed by atoms with Crippen LogP contribution in [-0.4, -0.2) is 43.9 Å². The van der Waals surface area contributed by atoms with Crippen LogP contribution in [-0.2, 0) is 10.0 Å². The summed E-state index contributed by atoms with van der Waals surface area (Å²) in [6.07, 6.45) is 0. The van der Waals surface area contributed by atoms with E-state index in [2.05, 4.69) is 11.0 Å². The first kappa shape index (κ1) is 18.8. The fraction of sp³-hybridized carbons (Fsp3) is 0.286. The summed E-state index contributed by atoms with van der Waals surface area (Å²) >= 11 is 0. The van der Waals surface area contributed by atoms with E-state index in [1.54, 1.807) is 6.92 Å². The van der Waals surface area contributed by atoms with Crippen molar-refractivity contribution in [3.05, 3.63) is 65.5 Å². The summed E-state index contributed by atoms with van der Waals surface area (Å²) in [5.41, 5.74) is 2.33. The van der Waals surface area contributed by atoms with Gasteiger partial charge in [0.25, 0.3) is 0 Å². The van der Waals surface area contributed by atoms with E-state index in [1.807, 2.05) is 31.2 Å². The highest BCUT2D eigenvalue weighted by Gasteiger charge is 2.29. The molecule has 4 rings (SSSR count). The van der Waals surface area contributed by atoms with Crippen molar-refractivity contribution in [2.24, 2.45) is 0 Å². The Balaban J connectivity index is 1.54. The number of para-hydroxylation sites is 1. The van der Waals surface area contributed by atoms with Crippen LogP contribution in [0.25, 0.3) is 10.9 Å². The Morgan fingerprint density at radius 3 is 2.36 bits per heavy atom. The second kappa shape index (κ2) is 7.14. The van der Waals surface area contributed by atoms with Gasteiger partial charge in [-0.25, -0.2) is 17.8 Å². The molecular weight excluding hydrogens is 377 g/mol. The Morgan fingerprint density at radius 2 is 1.64 bits per heavy atom. The van der Waals surface area contributed by atoms with Crippen molar-refractivity contribution >= 4 is 26.7 Å². The van der Waals surface area contributed by atoms with Crippen molar-refractivity contribution in [1.82, 2.24) is 9.29 Å². The van der Waals surface area contributed by atoms with Gasteiger partial charge in [0.2, 0.25) is 10.0 Å². The number of pyridine rings is 1. The van der Waals surface area contributed by atoms with Crippen LogP contribution in [0.4, 0.5) is 10.2 Å². The SMILES string of the molecule is Cc1cc(S(=O)(=O)N2CCN(c3nc4ccccc4cc3C)CC2)ccc1F. The molecule has 0 atom stereocenters. The van der Waals surface area contributed by atoms with Gasteiger partial charge in [0.05, 0.1) is 10.4 Å². The molecule has 0 radical (unpaired) electrons. The standard InChI is InChI=1S/C21H22FN3O2S/c1-15-14-18(7-8-19(15)22)28(26,27)25-11-9-24(10-12-25)21-16(2)13-17-5-3-4-6-20(17)23-21/h3-8,13-14H,9-12H2,1-2H3. The number of nitrogens with zero attached hydrogens (tertiary/aromatic N) is 3. The monoisotopic (exact) mass is 399 g/mol. The van der Waals surface area contributed by atoms with Gasteiger partial charge in [-0.15, -0.1) is 0 Å². The maximum atomic E-state index is 13.5. The van der Waals surface area contributed by atoms with E-state index in [0.29, 0.717) is 31.7 Å². The molecule has 0 N–H and O–H groups in total. The second-order valence-corrected chi connectivity index (χ2v) is 9.06. The minimum atomic E-state index is -3.63. The van der Waals surface area contributed by atoms with E-state index < -0.39 is 15.8 Å². The number of anilines is 1. The first-order chi connectivity index (χ1) is 13.4. The lowest BCUT2D eigenvalue weighted by molar-refractivity contribution is 0.383. The summed E-state index contributed by atoms with van der Waals surface area (Å²) in [7, 11) is -3.63. The maximum Gasteiger partial charge on any atom is 0.243 e. The largest absolute Gasteiger partial charge is 0.354 e.